The molecule has 3 aromatic rings. The largest absolute Gasteiger partial charge is 0.330 e. The van der Waals surface area contributed by atoms with Gasteiger partial charge in [-0.25, -0.2) is 9.59 Å². The van der Waals surface area contributed by atoms with Gasteiger partial charge in [0.1, 0.15) is 18.6 Å². The first-order valence-corrected chi connectivity index (χ1v) is 11.2. The smallest absolute Gasteiger partial charge is 0.325 e. The van der Waals surface area contributed by atoms with E-state index in [-0.39, 0.29) is 24.9 Å². The van der Waals surface area contributed by atoms with Crippen LogP contribution in [0.25, 0.3) is 11.0 Å². The minimum Gasteiger partial charge on any atom is -0.325 e. The zero-order chi connectivity index (χ0) is 24.6. The Morgan fingerprint density at radius 2 is 1.83 bits per heavy atom. The fourth-order valence-corrected chi connectivity index (χ4v) is 5.42. The van der Waals surface area contributed by atoms with Crippen molar-refractivity contribution in [3.8, 4) is 0 Å². The Bertz CT molecular complexity index is 1550. The number of nitrogens with zero attached hydrogens (tertiary/aromatic N) is 4. The molecule has 6 rings (SSSR count). The molecule has 178 valence electrons. The van der Waals surface area contributed by atoms with Gasteiger partial charge in [0.05, 0.1) is 16.7 Å². The Hall–Kier alpha value is -4.41. The summed E-state index contributed by atoms with van der Waals surface area (Å²) in [5, 5.41) is 5.20. The molecule has 5 amide bonds. The summed E-state index contributed by atoms with van der Waals surface area (Å²) in [5.41, 5.74) is 2.84. The highest BCUT2D eigenvalue weighted by molar-refractivity contribution is 6.08. The number of nitrogens with one attached hydrogen (secondary N) is 2. The summed E-state index contributed by atoms with van der Waals surface area (Å²) in [7, 11) is 3.27. The van der Waals surface area contributed by atoms with Gasteiger partial charge in [-0.2, -0.15) is 0 Å². The van der Waals surface area contributed by atoms with Gasteiger partial charge in [-0.05, 0) is 35.4 Å². The Morgan fingerprint density at radius 3 is 2.57 bits per heavy atom. The summed E-state index contributed by atoms with van der Waals surface area (Å²) in [6, 6.07) is 10.3. The Kier molecular flexibility index (Phi) is 4.26. The molecule has 2 N–H and O–H groups in total. The second-order valence-corrected chi connectivity index (χ2v) is 9.29. The van der Waals surface area contributed by atoms with Gasteiger partial charge in [0, 0.05) is 32.6 Å². The summed E-state index contributed by atoms with van der Waals surface area (Å²) < 4.78 is 2.77. The Labute approximate surface area is 198 Å². The van der Waals surface area contributed by atoms with E-state index in [0.717, 1.165) is 11.1 Å². The van der Waals surface area contributed by atoms with E-state index in [2.05, 4.69) is 10.6 Å². The number of rotatable bonds is 3. The fourth-order valence-electron chi connectivity index (χ4n) is 5.42. The molecular formula is C24H22N6O5. The lowest BCUT2D eigenvalue weighted by molar-refractivity contribution is -0.126. The van der Waals surface area contributed by atoms with Crippen LogP contribution in [0.1, 0.15) is 11.1 Å². The highest BCUT2D eigenvalue weighted by atomic mass is 16.2. The van der Waals surface area contributed by atoms with Crippen LogP contribution < -0.4 is 21.2 Å². The predicted octanol–water partition coefficient (Wildman–Crippen LogP) is 0.437. The summed E-state index contributed by atoms with van der Waals surface area (Å²) in [4.78, 5) is 65.7. The van der Waals surface area contributed by atoms with Gasteiger partial charge in [0.25, 0.3) is 5.91 Å². The van der Waals surface area contributed by atoms with Crippen molar-refractivity contribution in [1.82, 2.24) is 19.4 Å². The molecule has 3 aliphatic rings. The molecule has 35 heavy (non-hydrogen) atoms. The van der Waals surface area contributed by atoms with Crippen molar-refractivity contribution in [3.05, 3.63) is 58.0 Å². The number of amides is 5. The summed E-state index contributed by atoms with van der Waals surface area (Å²) in [6.07, 6.45) is 0.770. The topological polar surface area (TPSA) is 126 Å². The van der Waals surface area contributed by atoms with Gasteiger partial charge in [0.15, 0.2) is 0 Å². The number of carbonyl (C=O) groups is 4. The van der Waals surface area contributed by atoms with Gasteiger partial charge in [-0.15, -0.1) is 0 Å². The van der Waals surface area contributed by atoms with Crippen molar-refractivity contribution in [3.63, 3.8) is 0 Å². The molecule has 2 aromatic carbocycles. The summed E-state index contributed by atoms with van der Waals surface area (Å²) >= 11 is 0. The van der Waals surface area contributed by atoms with Crippen molar-refractivity contribution < 1.29 is 19.2 Å². The Morgan fingerprint density at radius 1 is 1.06 bits per heavy atom. The number of fused-ring (bicyclic) bond motifs is 1. The maximum atomic E-state index is 13.0. The number of imide groups is 1. The number of benzene rings is 2. The minimum atomic E-state index is -0.939. The second-order valence-electron chi connectivity index (χ2n) is 9.29. The monoisotopic (exact) mass is 474 g/mol. The number of aromatic nitrogens is 2. The van der Waals surface area contributed by atoms with Crippen molar-refractivity contribution in [2.75, 3.05) is 24.3 Å². The summed E-state index contributed by atoms with van der Waals surface area (Å²) in [5.74, 6) is -0.911. The molecule has 3 heterocycles. The fraction of sp³-hybridized carbons (Fsp3) is 0.292. The van der Waals surface area contributed by atoms with E-state index < -0.39 is 23.2 Å². The molecule has 0 bridgehead atoms. The molecule has 1 atom stereocenters. The van der Waals surface area contributed by atoms with Crippen LogP contribution in [0.5, 0.6) is 0 Å². The third-order valence-corrected chi connectivity index (χ3v) is 7.39. The number of likely N-dealkylation sites (N-methyl/N-ethyl adjacent to an activating group) is 2. The third kappa shape index (κ3) is 2.87. The van der Waals surface area contributed by atoms with E-state index in [0.29, 0.717) is 35.2 Å². The van der Waals surface area contributed by atoms with Crippen LogP contribution >= 0.6 is 0 Å². The molecular weight excluding hydrogens is 452 g/mol. The molecule has 11 heteroatoms. The highest BCUT2D eigenvalue weighted by Crippen LogP contribution is 2.38. The number of carbonyl (C=O) groups excluding carboxylic acids is 4. The zero-order valence-electron chi connectivity index (χ0n) is 19.1. The molecule has 1 aliphatic carbocycles. The first-order valence-electron chi connectivity index (χ1n) is 11.2. The van der Waals surface area contributed by atoms with Crippen molar-refractivity contribution in [2.24, 2.45) is 0 Å². The highest BCUT2D eigenvalue weighted by Gasteiger charge is 2.54. The minimum absolute atomic E-state index is 0.0748. The lowest BCUT2D eigenvalue weighted by Gasteiger charge is -2.27. The summed E-state index contributed by atoms with van der Waals surface area (Å²) in [6.45, 7) is -0.293. The number of para-hydroxylation sites is 1. The maximum Gasteiger partial charge on any atom is 0.330 e. The predicted molar refractivity (Wildman–Crippen MR) is 126 cm³/mol. The van der Waals surface area contributed by atoms with Gasteiger partial charge in [-0.3, -0.25) is 28.8 Å². The quantitative estimate of drug-likeness (QED) is 0.533. The van der Waals surface area contributed by atoms with Crippen LogP contribution in [-0.4, -0.2) is 57.4 Å². The second kappa shape index (κ2) is 7.05. The average Bonchev–Trinajstić information content (AvgIpc) is 3.40. The first-order chi connectivity index (χ1) is 16.7. The lowest BCUT2D eigenvalue weighted by Crippen LogP contribution is -2.48. The Balaban J connectivity index is 1.26. The molecule has 1 unspecified atom stereocenters. The molecule has 0 radical (unpaired) electrons. The molecule has 1 saturated heterocycles. The number of imidazole rings is 1. The number of hydrogen-bond acceptors (Lipinski definition) is 5. The number of urea groups is 1. The average molecular weight is 474 g/mol. The lowest BCUT2D eigenvalue weighted by atomic mass is 9.95. The van der Waals surface area contributed by atoms with E-state index >= 15 is 0 Å². The maximum absolute atomic E-state index is 13.0. The molecule has 1 fully saturated rings. The molecule has 1 aromatic heterocycles. The van der Waals surface area contributed by atoms with E-state index in [1.54, 1.807) is 44.4 Å². The van der Waals surface area contributed by atoms with Gasteiger partial charge in [0.2, 0.25) is 11.8 Å². The van der Waals surface area contributed by atoms with E-state index in [9.17, 15) is 24.0 Å². The van der Waals surface area contributed by atoms with Crippen LogP contribution in [0.15, 0.2) is 41.2 Å². The van der Waals surface area contributed by atoms with Gasteiger partial charge < -0.3 is 15.1 Å². The normalized spacial score (nSPS) is 20.7. The standard InChI is InChI=1S/C24H22N6O5/c1-27-16-4-3-5-17-20(16)30(12-19(27)32)23(35)29(17)11-18(31)25-15-7-6-13-9-24(10-14(13)8-15)21(33)26-22(34)28(24)2/h3-8H,9-12H2,1-2H3,(H,25,31)(H,26,33,34). The van der Waals surface area contributed by atoms with E-state index in [1.165, 1.54) is 18.9 Å². The molecule has 1 spiro atoms. The van der Waals surface area contributed by atoms with Crippen LogP contribution in [0, 0.1) is 0 Å². The first kappa shape index (κ1) is 21.1. The molecule has 11 nitrogen and oxygen atoms in total. The molecule has 0 saturated carbocycles. The van der Waals surface area contributed by atoms with Crippen LogP contribution in [0.4, 0.5) is 16.2 Å². The third-order valence-electron chi connectivity index (χ3n) is 7.39. The van der Waals surface area contributed by atoms with Gasteiger partial charge in [-0.1, -0.05) is 12.1 Å². The van der Waals surface area contributed by atoms with Crippen LogP contribution in [0.3, 0.4) is 0 Å². The van der Waals surface area contributed by atoms with E-state index in [4.69, 9.17) is 0 Å². The van der Waals surface area contributed by atoms with Crippen LogP contribution in [-0.2, 0) is 40.3 Å². The van der Waals surface area contributed by atoms with Crippen molar-refractivity contribution >= 4 is 46.2 Å². The van der Waals surface area contributed by atoms with Crippen molar-refractivity contribution in [2.45, 2.75) is 31.5 Å². The van der Waals surface area contributed by atoms with Gasteiger partial charge >= 0.3 is 11.7 Å². The number of hydrogen-bond donors (Lipinski definition) is 2. The zero-order valence-corrected chi connectivity index (χ0v) is 19.1. The number of anilines is 2. The SMILES string of the molecule is CN1C(=O)Cn2c(=O)n(CC(=O)Nc3ccc4c(c3)CC3(C4)C(=O)NC(=O)N3C)c3cccc1c32. The van der Waals surface area contributed by atoms with Crippen molar-refractivity contribution in [1.29, 1.82) is 0 Å². The van der Waals surface area contributed by atoms with E-state index in [1.807, 2.05) is 6.07 Å². The van der Waals surface area contributed by atoms with Crippen LogP contribution in [0.2, 0.25) is 0 Å². The molecule has 2 aliphatic heterocycles.